The van der Waals surface area contributed by atoms with Gasteiger partial charge < -0.3 is 24.3 Å². The SMILES string of the molecule is [C-]#[N+]C[C@H]1CN(c2nc(OC3(CN4CCCC4)CCCCC3)nc3c2CCN(c2ccccc2C(F)(F)F)C3)CCN1C(=O)C=C. The van der Waals surface area contributed by atoms with Crippen LogP contribution in [0.25, 0.3) is 4.85 Å². The Bertz CT molecular complexity index is 1460. The van der Waals surface area contributed by atoms with Crippen molar-refractivity contribution in [2.75, 3.05) is 62.2 Å². The van der Waals surface area contributed by atoms with Crippen LogP contribution in [0.5, 0.6) is 6.01 Å². The number of amides is 1. The second-order valence-electron chi connectivity index (χ2n) is 12.9. The Morgan fingerprint density at radius 3 is 2.52 bits per heavy atom. The van der Waals surface area contributed by atoms with Crippen LogP contribution in [0.1, 0.15) is 61.8 Å². The monoisotopic (exact) mass is 637 g/mol. The van der Waals surface area contributed by atoms with E-state index in [0.29, 0.717) is 44.1 Å². The molecule has 0 radical (unpaired) electrons. The Balaban J connectivity index is 1.37. The molecule has 1 atom stereocenters. The van der Waals surface area contributed by atoms with Gasteiger partial charge in [0.1, 0.15) is 17.5 Å². The fraction of sp³-hybridized carbons (Fsp3) is 0.588. The fourth-order valence-corrected chi connectivity index (χ4v) is 7.64. The van der Waals surface area contributed by atoms with Crippen molar-refractivity contribution in [2.24, 2.45) is 0 Å². The number of fused-ring (bicyclic) bond motifs is 1. The number of carbonyl (C=O) groups excluding carboxylic acids is 1. The first-order chi connectivity index (χ1) is 22.2. The summed E-state index contributed by atoms with van der Waals surface area (Å²) in [6, 6.07) is 5.60. The zero-order valence-corrected chi connectivity index (χ0v) is 26.3. The van der Waals surface area contributed by atoms with Gasteiger partial charge in [-0.3, -0.25) is 9.69 Å². The van der Waals surface area contributed by atoms with E-state index in [1.807, 2.05) is 0 Å². The molecule has 3 fully saturated rings. The average molecular weight is 638 g/mol. The quantitative estimate of drug-likeness (QED) is 0.285. The highest BCUT2D eigenvalue weighted by Gasteiger charge is 2.40. The van der Waals surface area contributed by atoms with Gasteiger partial charge >= 0.3 is 12.2 Å². The van der Waals surface area contributed by atoms with Gasteiger partial charge in [0.15, 0.2) is 0 Å². The summed E-state index contributed by atoms with van der Waals surface area (Å²) in [5, 5.41) is 0. The van der Waals surface area contributed by atoms with Gasteiger partial charge in [-0.05, 0) is 76.2 Å². The number of ether oxygens (including phenoxy) is 1. The molecule has 0 unspecified atom stereocenters. The minimum atomic E-state index is -4.48. The number of benzene rings is 1. The number of nitrogens with zero attached hydrogens (tertiary/aromatic N) is 7. The van der Waals surface area contributed by atoms with Crippen molar-refractivity contribution in [3.8, 4) is 6.01 Å². The van der Waals surface area contributed by atoms with Crippen LogP contribution >= 0.6 is 0 Å². The normalized spacial score (nSPS) is 21.9. The standard InChI is InChI=1S/C34H42F3N7O2/c1-3-30(45)44-20-19-43(22-25(44)21-38-2)31-26-13-18-42(29-12-6-5-11-27(29)34(35,36)37)23-28(26)39-32(40-31)46-33(14-7-4-8-15-33)24-41-16-9-10-17-41/h3,5-6,11-12,25H,1,4,7-10,13-24H2/t25-/m0/s1. The Hall–Kier alpha value is -3.85. The zero-order chi connectivity index (χ0) is 32.3. The number of piperazine rings is 1. The second-order valence-corrected chi connectivity index (χ2v) is 12.9. The van der Waals surface area contributed by atoms with Gasteiger partial charge in [-0.2, -0.15) is 23.1 Å². The van der Waals surface area contributed by atoms with E-state index >= 15 is 0 Å². The van der Waals surface area contributed by atoms with Gasteiger partial charge in [0.05, 0.1) is 17.8 Å². The van der Waals surface area contributed by atoms with Crippen LogP contribution in [0.15, 0.2) is 36.9 Å². The first kappa shape index (κ1) is 32.1. The lowest BCUT2D eigenvalue weighted by molar-refractivity contribution is -0.137. The van der Waals surface area contributed by atoms with Crippen LogP contribution in [0.4, 0.5) is 24.7 Å². The molecule has 0 N–H and O–H groups in total. The van der Waals surface area contributed by atoms with E-state index in [1.165, 1.54) is 31.1 Å². The van der Waals surface area contributed by atoms with Gasteiger partial charge in [0, 0.05) is 44.0 Å². The number of anilines is 2. The number of carbonyl (C=O) groups is 1. The molecule has 0 bridgehead atoms. The highest BCUT2D eigenvalue weighted by molar-refractivity contribution is 5.87. The summed E-state index contributed by atoms with van der Waals surface area (Å²) in [6.07, 6.45) is 4.69. The number of hydrogen-bond acceptors (Lipinski definition) is 7. The number of alkyl halides is 3. The van der Waals surface area contributed by atoms with Gasteiger partial charge in [-0.1, -0.05) is 25.1 Å². The van der Waals surface area contributed by atoms with Crippen LogP contribution in [0.2, 0.25) is 0 Å². The van der Waals surface area contributed by atoms with Crippen molar-refractivity contribution in [1.82, 2.24) is 19.8 Å². The third-order valence-corrected chi connectivity index (χ3v) is 9.90. The van der Waals surface area contributed by atoms with E-state index < -0.39 is 17.3 Å². The molecule has 46 heavy (non-hydrogen) atoms. The third kappa shape index (κ3) is 6.80. The molecule has 2 saturated heterocycles. The number of likely N-dealkylation sites (tertiary alicyclic amines) is 1. The third-order valence-electron chi connectivity index (χ3n) is 9.90. The Labute approximate surface area is 268 Å². The molecule has 1 saturated carbocycles. The average Bonchev–Trinajstić information content (AvgIpc) is 3.56. The number of rotatable bonds is 8. The predicted octanol–water partition coefficient (Wildman–Crippen LogP) is 5.36. The molecule has 1 aliphatic carbocycles. The molecule has 12 heteroatoms. The Morgan fingerprint density at radius 1 is 1.04 bits per heavy atom. The van der Waals surface area contributed by atoms with Crippen LogP contribution in [-0.2, 0) is 23.9 Å². The lowest BCUT2D eigenvalue weighted by atomic mass is 9.84. The first-order valence-electron chi connectivity index (χ1n) is 16.4. The number of hydrogen-bond donors (Lipinski definition) is 0. The highest BCUT2D eigenvalue weighted by Crippen LogP contribution is 2.40. The molecule has 3 aliphatic heterocycles. The molecule has 2 aromatic rings. The summed E-state index contributed by atoms with van der Waals surface area (Å²) in [5.74, 6) is 0.485. The van der Waals surface area contributed by atoms with Crippen molar-refractivity contribution < 1.29 is 22.7 Å². The molecular weight excluding hydrogens is 595 g/mol. The first-order valence-corrected chi connectivity index (χ1v) is 16.4. The number of aromatic nitrogens is 2. The van der Waals surface area contributed by atoms with E-state index in [1.54, 1.807) is 15.9 Å². The van der Waals surface area contributed by atoms with Gasteiger partial charge in [0.25, 0.3) is 0 Å². The number of halogens is 3. The van der Waals surface area contributed by atoms with E-state index in [0.717, 1.165) is 63.4 Å². The summed E-state index contributed by atoms with van der Waals surface area (Å²) in [7, 11) is 0. The second kappa shape index (κ2) is 13.5. The van der Waals surface area contributed by atoms with E-state index in [9.17, 15) is 18.0 Å². The molecular formula is C34H42F3N7O2. The van der Waals surface area contributed by atoms with Crippen LogP contribution < -0.4 is 14.5 Å². The van der Waals surface area contributed by atoms with Gasteiger partial charge in [0.2, 0.25) is 12.5 Å². The van der Waals surface area contributed by atoms with Crippen molar-refractivity contribution in [1.29, 1.82) is 0 Å². The maximum Gasteiger partial charge on any atom is 0.418 e. The van der Waals surface area contributed by atoms with E-state index in [4.69, 9.17) is 21.3 Å². The largest absolute Gasteiger partial charge is 0.455 e. The van der Waals surface area contributed by atoms with Crippen molar-refractivity contribution >= 4 is 17.4 Å². The lowest BCUT2D eigenvalue weighted by Crippen LogP contribution is -2.56. The maximum absolute atomic E-state index is 14.0. The maximum atomic E-state index is 14.0. The zero-order valence-electron chi connectivity index (χ0n) is 26.3. The summed E-state index contributed by atoms with van der Waals surface area (Å²) < 4.78 is 48.9. The van der Waals surface area contributed by atoms with Crippen molar-refractivity contribution in [3.05, 3.63) is 65.2 Å². The van der Waals surface area contributed by atoms with Gasteiger partial charge in [-0.15, -0.1) is 0 Å². The van der Waals surface area contributed by atoms with E-state index in [2.05, 4.69) is 21.2 Å². The molecule has 1 aromatic carbocycles. The summed E-state index contributed by atoms with van der Waals surface area (Å²) in [6.45, 7) is 16.1. The predicted molar refractivity (Wildman–Crippen MR) is 170 cm³/mol. The lowest BCUT2D eigenvalue weighted by Gasteiger charge is -2.42. The highest BCUT2D eigenvalue weighted by atomic mass is 19.4. The van der Waals surface area contributed by atoms with Gasteiger partial charge in [-0.25, -0.2) is 6.57 Å². The summed E-state index contributed by atoms with van der Waals surface area (Å²) >= 11 is 0. The fourth-order valence-electron chi connectivity index (χ4n) is 7.64. The molecule has 246 valence electrons. The smallest absolute Gasteiger partial charge is 0.418 e. The number of para-hydroxylation sites is 1. The summed E-state index contributed by atoms with van der Waals surface area (Å²) in [5.41, 5.74) is 0.584. The minimum absolute atomic E-state index is 0.134. The van der Waals surface area contributed by atoms with Crippen LogP contribution in [0, 0.1) is 6.57 Å². The van der Waals surface area contributed by atoms with Crippen LogP contribution in [0.3, 0.4) is 0 Å². The molecule has 1 amide bonds. The summed E-state index contributed by atoms with van der Waals surface area (Å²) in [4.78, 5) is 34.2. The Kier molecular flexibility index (Phi) is 9.41. The molecule has 4 aliphatic rings. The Morgan fingerprint density at radius 2 is 1.80 bits per heavy atom. The minimum Gasteiger partial charge on any atom is -0.455 e. The topological polar surface area (TPSA) is 69.4 Å². The van der Waals surface area contributed by atoms with Crippen molar-refractivity contribution in [2.45, 2.75) is 75.7 Å². The molecule has 4 heterocycles. The van der Waals surface area contributed by atoms with Crippen molar-refractivity contribution in [3.63, 3.8) is 0 Å². The van der Waals surface area contributed by atoms with Crippen LogP contribution in [-0.4, -0.2) is 89.7 Å². The molecule has 9 nitrogen and oxygen atoms in total. The molecule has 6 rings (SSSR count). The molecule has 0 spiro atoms. The van der Waals surface area contributed by atoms with E-state index in [-0.39, 0.29) is 36.7 Å². The molecule has 1 aromatic heterocycles.